The number of methoxy groups -OCH3 is 1. The van der Waals surface area contributed by atoms with E-state index in [1.165, 1.54) is 19.2 Å². The van der Waals surface area contributed by atoms with Crippen molar-refractivity contribution in [3.05, 3.63) is 77.2 Å². The van der Waals surface area contributed by atoms with E-state index in [9.17, 15) is 14.0 Å². The molecule has 3 aromatic rings. The Morgan fingerprint density at radius 2 is 1.69 bits per heavy atom. The molecule has 1 aliphatic carbocycles. The second kappa shape index (κ2) is 9.71. The van der Waals surface area contributed by atoms with E-state index in [0.717, 1.165) is 12.8 Å². The van der Waals surface area contributed by atoms with Gasteiger partial charge in [0.2, 0.25) is 0 Å². The number of aromatic nitrogens is 1. The van der Waals surface area contributed by atoms with Gasteiger partial charge in [0.25, 0.3) is 11.8 Å². The number of carbonyl (C=O) groups is 2. The molecule has 1 aromatic heterocycles. The van der Waals surface area contributed by atoms with Crippen LogP contribution in [0.15, 0.2) is 54.6 Å². The van der Waals surface area contributed by atoms with Crippen molar-refractivity contribution in [2.45, 2.75) is 38.3 Å². The zero-order valence-electron chi connectivity index (χ0n) is 19.7. The molecule has 0 saturated heterocycles. The second-order valence-electron chi connectivity index (χ2n) is 8.95. The van der Waals surface area contributed by atoms with E-state index in [1.807, 2.05) is 0 Å². The molecule has 1 fully saturated rings. The smallest absolute Gasteiger partial charge is 0.288 e. The van der Waals surface area contributed by atoms with Crippen LogP contribution < -0.4 is 26.1 Å². The molecular weight excluding hydrogens is 451 g/mol. The fourth-order valence-corrected chi connectivity index (χ4v) is 3.31. The zero-order chi connectivity index (χ0) is 25.2. The minimum atomic E-state index is -0.767. The number of nitrogens with two attached hydrogens (primary N) is 1. The van der Waals surface area contributed by atoms with Gasteiger partial charge in [0.15, 0.2) is 11.5 Å². The maximum atomic E-state index is 13.4. The van der Waals surface area contributed by atoms with Crippen molar-refractivity contribution in [1.82, 2.24) is 15.8 Å². The lowest BCUT2D eigenvalue weighted by molar-refractivity contribution is 0.0843. The first-order valence-corrected chi connectivity index (χ1v) is 11.2. The standard InChI is InChI=1S/C26H27FN4O4/c1-26(2,28)17-13-20(15-4-7-18(27)8-5-15)29-21(14-17)25(33)31-30-24(32)16-6-11-22(23(12-16)34-3)35-19-9-10-19/h4-8,11-14,19H,9-10,28H2,1-3H3,(H,30,32)(H,31,33). The first kappa shape index (κ1) is 24.2. The van der Waals surface area contributed by atoms with Gasteiger partial charge in [0.05, 0.1) is 18.9 Å². The summed E-state index contributed by atoms with van der Waals surface area (Å²) in [4.78, 5) is 29.9. The van der Waals surface area contributed by atoms with E-state index < -0.39 is 17.4 Å². The van der Waals surface area contributed by atoms with Crippen LogP contribution >= 0.6 is 0 Å². The number of hydrazine groups is 1. The van der Waals surface area contributed by atoms with Gasteiger partial charge in [-0.25, -0.2) is 9.37 Å². The number of carbonyl (C=O) groups excluding carboxylic acids is 2. The average Bonchev–Trinajstić information content (AvgIpc) is 3.66. The van der Waals surface area contributed by atoms with Gasteiger partial charge >= 0.3 is 0 Å². The fourth-order valence-electron chi connectivity index (χ4n) is 3.31. The lowest BCUT2D eigenvalue weighted by Gasteiger charge is -2.21. The predicted molar refractivity (Wildman–Crippen MR) is 128 cm³/mol. The molecule has 35 heavy (non-hydrogen) atoms. The van der Waals surface area contributed by atoms with Crippen molar-refractivity contribution in [1.29, 1.82) is 0 Å². The molecule has 2 aromatic carbocycles. The van der Waals surface area contributed by atoms with Gasteiger partial charge in [-0.05, 0) is 86.8 Å². The summed E-state index contributed by atoms with van der Waals surface area (Å²) in [5.41, 5.74) is 12.3. The van der Waals surface area contributed by atoms with Gasteiger partial charge < -0.3 is 15.2 Å². The molecule has 1 aliphatic rings. The first-order chi connectivity index (χ1) is 16.6. The second-order valence-corrected chi connectivity index (χ2v) is 8.95. The monoisotopic (exact) mass is 478 g/mol. The van der Waals surface area contributed by atoms with Crippen molar-refractivity contribution < 1.29 is 23.5 Å². The maximum Gasteiger partial charge on any atom is 0.288 e. The highest BCUT2D eigenvalue weighted by atomic mass is 19.1. The highest BCUT2D eigenvalue weighted by molar-refractivity contribution is 5.99. The highest BCUT2D eigenvalue weighted by Gasteiger charge is 2.25. The Balaban J connectivity index is 1.51. The van der Waals surface area contributed by atoms with Crippen LogP contribution in [0.4, 0.5) is 4.39 Å². The number of ether oxygens (including phenoxy) is 2. The zero-order valence-corrected chi connectivity index (χ0v) is 19.7. The van der Waals surface area contributed by atoms with Crippen LogP contribution in [-0.4, -0.2) is 30.0 Å². The molecule has 182 valence electrons. The van der Waals surface area contributed by atoms with Crippen LogP contribution in [0.25, 0.3) is 11.3 Å². The molecule has 0 radical (unpaired) electrons. The summed E-state index contributed by atoms with van der Waals surface area (Å²) in [5, 5.41) is 0. The summed E-state index contributed by atoms with van der Waals surface area (Å²) >= 11 is 0. The Labute approximate surface area is 202 Å². The van der Waals surface area contributed by atoms with Gasteiger partial charge in [0, 0.05) is 16.7 Å². The molecule has 0 spiro atoms. The van der Waals surface area contributed by atoms with Gasteiger partial charge in [-0.1, -0.05) is 0 Å². The number of rotatable bonds is 7. The van der Waals surface area contributed by atoms with Gasteiger partial charge in [0.1, 0.15) is 11.5 Å². The first-order valence-electron chi connectivity index (χ1n) is 11.2. The molecule has 0 atom stereocenters. The SMILES string of the molecule is COc1cc(C(=O)NNC(=O)c2cc(C(C)(C)N)cc(-c3ccc(F)cc3)n2)ccc1OC1CC1. The summed E-state index contributed by atoms with van der Waals surface area (Å²) in [5.74, 6) is -0.556. The molecule has 0 unspecified atom stereocenters. The summed E-state index contributed by atoms with van der Waals surface area (Å²) in [7, 11) is 1.49. The Bertz CT molecular complexity index is 1250. The third-order valence-corrected chi connectivity index (χ3v) is 5.48. The summed E-state index contributed by atoms with van der Waals surface area (Å²) in [6.45, 7) is 3.59. The molecular formula is C26H27FN4O4. The van der Waals surface area contributed by atoms with Crippen LogP contribution in [0.1, 0.15) is 53.1 Å². The van der Waals surface area contributed by atoms with E-state index in [2.05, 4.69) is 15.8 Å². The number of hydrogen-bond donors (Lipinski definition) is 3. The average molecular weight is 479 g/mol. The number of nitrogens with zero attached hydrogens (tertiary/aromatic N) is 1. The molecule has 0 bridgehead atoms. The Morgan fingerprint density at radius 3 is 2.31 bits per heavy atom. The van der Waals surface area contributed by atoms with Crippen molar-refractivity contribution in [3.63, 3.8) is 0 Å². The molecule has 0 aliphatic heterocycles. The molecule has 1 saturated carbocycles. The summed E-state index contributed by atoms with van der Waals surface area (Å²) in [6, 6.07) is 13.9. The quantitative estimate of drug-likeness (QED) is 0.446. The number of nitrogens with one attached hydrogen (secondary N) is 2. The van der Waals surface area contributed by atoms with Gasteiger partial charge in [-0.3, -0.25) is 20.4 Å². The molecule has 8 nitrogen and oxygen atoms in total. The van der Waals surface area contributed by atoms with Gasteiger partial charge in [-0.2, -0.15) is 0 Å². The molecule has 4 rings (SSSR count). The van der Waals surface area contributed by atoms with Crippen LogP contribution in [0, 0.1) is 5.82 Å². The lowest BCUT2D eigenvalue weighted by Crippen LogP contribution is -2.42. The summed E-state index contributed by atoms with van der Waals surface area (Å²) < 4.78 is 24.5. The third kappa shape index (κ3) is 5.93. The third-order valence-electron chi connectivity index (χ3n) is 5.48. The van der Waals surface area contributed by atoms with Crippen molar-refractivity contribution in [3.8, 4) is 22.8 Å². The lowest BCUT2D eigenvalue weighted by atomic mass is 9.94. The largest absolute Gasteiger partial charge is 0.493 e. The summed E-state index contributed by atoms with van der Waals surface area (Å²) in [6.07, 6.45) is 2.18. The van der Waals surface area contributed by atoms with Gasteiger partial charge in [-0.15, -0.1) is 0 Å². The van der Waals surface area contributed by atoms with E-state index in [-0.39, 0.29) is 23.2 Å². The number of benzene rings is 2. The normalized spacial score (nSPS) is 13.2. The Hall–Kier alpha value is -3.98. The Morgan fingerprint density at radius 1 is 1.00 bits per heavy atom. The van der Waals surface area contributed by atoms with E-state index in [0.29, 0.717) is 28.3 Å². The van der Waals surface area contributed by atoms with Crippen LogP contribution in [-0.2, 0) is 5.54 Å². The number of pyridine rings is 1. The van der Waals surface area contributed by atoms with Crippen molar-refractivity contribution in [2.75, 3.05) is 7.11 Å². The minimum absolute atomic E-state index is 0.0476. The maximum absolute atomic E-state index is 13.4. The molecule has 2 amide bonds. The predicted octanol–water partition coefficient (Wildman–Crippen LogP) is 3.71. The van der Waals surface area contributed by atoms with E-state index in [4.69, 9.17) is 15.2 Å². The molecule has 9 heteroatoms. The molecule has 4 N–H and O–H groups in total. The number of halogens is 1. The van der Waals surface area contributed by atoms with Crippen LogP contribution in [0.2, 0.25) is 0 Å². The number of hydrogen-bond acceptors (Lipinski definition) is 6. The highest BCUT2D eigenvalue weighted by Crippen LogP contribution is 2.34. The van der Waals surface area contributed by atoms with E-state index >= 15 is 0 Å². The molecule has 1 heterocycles. The van der Waals surface area contributed by atoms with Crippen LogP contribution in [0.3, 0.4) is 0 Å². The fraction of sp³-hybridized carbons (Fsp3) is 0.269. The Kier molecular flexibility index (Phi) is 6.70. The van der Waals surface area contributed by atoms with E-state index in [1.54, 1.807) is 56.3 Å². The van der Waals surface area contributed by atoms with Crippen LogP contribution in [0.5, 0.6) is 11.5 Å². The van der Waals surface area contributed by atoms with Crippen molar-refractivity contribution >= 4 is 11.8 Å². The van der Waals surface area contributed by atoms with Crippen molar-refractivity contribution in [2.24, 2.45) is 5.73 Å². The topological polar surface area (TPSA) is 116 Å². The number of amides is 2. The minimum Gasteiger partial charge on any atom is -0.493 e.